The van der Waals surface area contributed by atoms with Gasteiger partial charge in [0.2, 0.25) is 0 Å². The highest BCUT2D eigenvalue weighted by atomic mass is 35.5. The van der Waals surface area contributed by atoms with Crippen molar-refractivity contribution >= 4 is 23.0 Å². The van der Waals surface area contributed by atoms with E-state index in [4.69, 9.17) is 17.3 Å². The van der Waals surface area contributed by atoms with Gasteiger partial charge in [-0.1, -0.05) is 18.5 Å². The van der Waals surface area contributed by atoms with Gasteiger partial charge in [-0.25, -0.2) is 4.39 Å². The summed E-state index contributed by atoms with van der Waals surface area (Å²) in [5, 5.41) is 21.3. The Balaban J connectivity index is 3.05. The first-order valence-electron chi connectivity index (χ1n) is 5.22. The van der Waals surface area contributed by atoms with Gasteiger partial charge in [0, 0.05) is 6.07 Å². The summed E-state index contributed by atoms with van der Waals surface area (Å²) in [5.74, 6) is -0.607. The summed E-state index contributed by atoms with van der Waals surface area (Å²) >= 11 is 5.58. The van der Waals surface area contributed by atoms with Crippen LogP contribution in [0.25, 0.3) is 0 Å². The number of aliphatic hydroxyl groups excluding tert-OH is 2. The average Bonchev–Trinajstić information content (AvgIpc) is 2.33. The van der Waals surface area contributed by atoms with E-state index in [1.165, 1.54) is 6.07 Å². The molecule has 0 heterocycles. The van der Waals surface area contributed by atoms with E-state index in [1.54, 1.807) is 6.92 Å². The second kappa shape index (κ2) is 5.53. The SMILES string of the molecule is CCC(CO)(CO)Nc1cc(F)c(Cl)cc1N. The normalized spacial score (nSPS) is 11.6. The molecule has 1 aromatic rings. The molecule has 0 unspecified atom stereocenters. The molecule has 5 N–H and O–H groups in total. The number of nitrogen functional groups attached to an aromatic ring is 1. The smallest absolute Gasteiger partial charge is 0.143 e. The molecule has 0 atom stereocenters. The first-order valence-corrected chi connectivity index (χ1v) is 5.60. The van der Waals surface area contributed by atoms with Crippen molar-refractivity contribution in [3.8, 4) is 0 Å². The van der Waals surface area contributed by atoms with Crippen LogP contribution < -0.4 is 11.1 Å². The second-order valence-electron chi connectivity index (χ2n) is 3.93. The Morgan fingerprint density at radius 2 is 2.00 bits per heavy atom. The summed E-state index contributed by atoms with van der Waals surface area (Å²) in [6.07, 6.45) is 0.462. The molecule has 0 saturated carbocycles. The van der Waals surface area contributed by atoms with Crippen molar-refractivity contribution in [3.05, 3.63) is 23.0 Å². The Morgan fingerprint density at radius 3 is 2.47 bits per heavy atom. The standard InChI is InChI=1S/C11H16ClFN2O2/c1-2-11(5-16,6-17)15-10-4-8(13)7(12)3-9(10)14/h3-4,15-17H,2,5-6,14H2,1H3. The zero-order chi connectivity index (χ0) is 13.1. The Bertz CT molecular complexity index is 389. The lowest BCUT2D eigenvalue weighted by molar-refractivity contribution is 0.132. The molecule has 1 rings (SSSR count). The van der Waals surface area contributed by atoms with E-state index >= 15 is 0 Å². The molecule has 0 aliphatic carbocycles. The first kappa shape index (κ1) is 14.0. The Morgan fingerprint density at radius 1 is 1.41 bits per heavy atom. The number of nitrogens with two attached hydrogens (primary N) is 1. The predicted octanol–water partition coefficient (Wildman–Crippen LogP) is 1.61. The number of hydrogen-bond acceptors (Lipinski definition) is 4. The van der Waals surface area contributed by atoms with Crippen molar-refractivity contribution in [2.24, 2.45) is 0 Å². The maximum atomic E-state index is 13.3. The lowest BCUT2D eigenvalue weighted by Crippen LogP contribution is -2.45. The largest absolute Gasteiger partial charge is 0.397 e. The van der Waals surface area contributed by atoms with Crippen molar-refractivity contribution in [2.45, 2.75) is 18.9 Å². The lowest BCUT2D eigenvalue weighted by atomic mass is 9.98. The van der Waals surface area contributed by atoms with Crippen LogP contribution in [0.5, 0.6) is 0 Å². The van der Waals surface area contributed by atoms with Crippen LogP contribution in [0.15, 0.2) is 12.1 Å². The lowest BCUT2D eigenvalue weighted by Gasteiger charge is -2.31. The highest BCUT2D eigenvalue weighted by Gasteiger charge is 2.27. The van der Waals surface area contributed by atoms with Crippen LogP contribution in [0.3, 0.4) is 0 Å². The third kappa shape index (κ3) is 3.00. The number of benzene rings is 1. The van der Waals surface area contributed by atoms with Gasteiger partial charge in [0.05, 0.1) is 35.2 Å². The van der Waals surface area contributed by atoms with Crippen LogP contribution in [0.1, 0.15) is 13.3 Å². The number of nitrogens with one attached hydrogen (secondary N) is 1. The van der Waals surface area contributed by atoms with Crippen LogP contribution in [0.2, 0.25) is 5.02 Å². The van der Waals surface area contributed by atoms with Crippen LogP contribution >= 0.6 is 11.6 Å². The van der Waals surface area contributed by atoms with E-state index < -0.39 is 11.4 Å². The molecule has 0 radical (unpaired) electrons. The highest BCUT2D eigenvalue weighted by molar-refractivity contribution is 6.31. The summed E-state index contributed by atoms with van der Waals surface area (Å²) in [6, 6.07) is 2.43. The van der Waals surface area contributed by atoms with Crippen molar-refractivity contribution in [1.29, 1.82) is 0 Å². The number of aliphatic hydroxyl groups is 2. The van der Waals surface area contributed by atoms with Gasteiger partial charge in [-0.05, 0) is 12.5 Å². The molecule has 96 valence electrons. The number of rotatable bonds is 5. The summed E-state index contributed by atoms with van der Waals surface area (Å²) in [4.78, 5) is 0. The van der Waals surface area contributed by atoms with Gasteiger partial charge in [-0.15, -0.1) is 0 Å². The van der Waals surface area contributed by atoms with E-state index in [9.17, 15) is 14.6 Å². The van der Waals surface area contributed by atoms with Gasteiger partial charge in [0.25, 0.3) is 0 Å². The zero-order valence-corrected chi connectivity index (χ0v) is 10.3. The van der Waals surface area contributed by atoms with E-state index in [2.05, 4.69) is 5.32 Å². The molecule has 0 amide bonds. The topological polar surface area (TPSA) is 78.5 Å². The molecule has 0 fully saturated rings. The Hall–Kier alpha value is -1.04. The van der Waals surface area contributed by atoms with E-state index in [0.29, 0.717) is 12.1 Å². The van der Waals surface area contributed by atoms with E-state index in [-0.39, 0.29) is 23.9 Å². The molecule has 4 nitrogen and oxygen atoms in total. The molecule has 1 aromatic carbocycles. The maximum absolute atomic E-state index is 13.3. The van der Waals surface area contributed by atoms with Crippen molar-refractivity contribution in [2.75, 3.05) is 24.3 Å². The van der Waals surface area contributed by atoms with Crippen LogP contribution in [-0.4, -0.2) is 29.0 Å². The van der Waals surface area contributed by atoms with Crippen molar-refractivity contribution in [1.82, 2.24) is 0 Å². The van der Waals surface area contributed by atoms with E-state index in [0.717, 1.165) is 6.07 Å². The molecule has 0 spiro atoms. The zero-order valence-electron chi connectivity index (χ0n) is 9.50. The fourth-order valence-corrected chi connectivity index (χ4v) is 1.57. The molecule has 17 heavy (non-hydrogen) atoms. The van der Waals surface area contributed by atoms with Gasteiger partial charge < -0.3 is 21.3 Å². The third-order valence-electron chi connectivity index (χ3n) is 2.77. The summed E-state index contributed by atoms with van der Waals surface area (Å²) in [6.45, 7) is 1.22. The summed E-state index contributed by atoms with van der Waals surface area (Å²) < 4.78 is 13.3. The minimum atomic E-state index is -0.922. The first-order chi connectivity index (χ1) is 7.98. The summed E-state index contributed by atoms with van der Waals surface area (Å²) in [7, 11) is 0. The quantitative estimate of drug-likeness (QED) is 0.608. The van der Waals surface area contributed by atoms with Gasteiger partial charge in [-0.2, -0.15) is 0 Å². The van der Waals surface area contributed by atoms with Crippen molar-refractivity contribution in [3.63, 3.8) is 0 Å². The second-order valence-corrected chi connectivity index (χ2v) is 4.34. The average molecular weight is 263 g/mol. The number of hydrogen-bond donors (Lipinski definition) is 4. The van der Waals surface area contributed by atoms with Gasteiger partial charge in [-0.3, -0.25) is 0 Å². The molecule has 0 saturated heterocycles. The molecule has 6 heteroatoms. The highest BCUT2D eigenvalue weighted by Crippen LogP contribution is 2.29. The molecular formula is C11H16ClFN2O2. The van der Waals surface area contributed by atoms with Crippen molar-refractivity contribution < 1.29 is 14.6 Å². The fourth-order valence-electron chi connectivity index (χ4n) is 1.40. The third-order valence-corrected chi connectivity index (χ3v) is 3.06. The molecule has 0 aliphatic rings. The number of anilines is 2. The Labute approximate surface area is 104 Å². The van der Waals surface area contributed by atoms with Gasteiger partial charge in [0.15, 0.2) is 0 Å². The molecule has 0 aliphatic heterocycles. The van der Waals surface area contributed by atoms with Crippen LogP contribution in [-0.2, 0) is 0 Å². The molecular weight excluding hydrogens is 247 g/mol. The fraction of sp³-hybridized carbons (Fsp3) is 0.455. The van der Waals surface area contributed by atoms with Gasteiger partial charge in [0.1, 0.15) is 5.82 Å². The summed E-state index contributed by atoms with van der Waals surface area (Å²) in [5.41, 5.74) is 5.33. The van der Waals surface area contributed by atoms with E-state index in [1.807, 2.05) is 0 Å². The molecule has 0 aromatic heterocycles. The molecule has 0 bridgehead atoms. The number of halogens is 2. The maximum Gasteiger partial charge on any atom is 0.143 e. The Kier molecular flexibility index (Phi) is 4.56. The predicted molar refractivity (Wildman–Crippen MR) is 66.6 cm³/mol. The van der Waals surface area contributed by atoms with Crippen LogP contribution in [0, 0.1) is 5.82 Å². The van der Waals surface area contributed by atoms with Crippen LogP contribution in [0.4, 0.5) is 15.8 Å². The van der Waals surface area contributed by atoms with Gasteiger partial charge >= 0.3 is 0 Å². The minimum absolute atomic E-state index is 0.0665. The monoisotopic (exact) mass is 262 g/mol. The minimum Gasteiger partial charge on any atom is -0.397 e.